The number of carbonyl (C=O) groups excluding carboxylic acids is 1. The Morgan fingerprint density at radius 2 is 1.53 bits per heavy atom. The molecule has 0 saturated carbocycles. The second-order valence-electron chi connectivity index (χ2n) is 7.83. The van der Waals surface area contributed by atoms with Crippen LogP contribution in [0.2, 0.25) is 0 Å². The number of benzene rings is 3. The summed E-state index contributed by atoms with van der Waals surface area (Å²) in [7, 11) is -3.42. The molecule has 4 rings (SSSR count). The molecule has 1 fully saturated rings. The number of hydrogen-bond donors (Lipinski definition) is 1. The molecule has 1 N–H and O–H groups in total. The van der Waals surface area contributed by atoms with E-state index in [1.807, 2.05) is 4.90 Å². The largest absolute Gasteiger partial charge is 0.331 e. The van der Waals surface area contributed by atoms with Gasteiger partial charge in [0.15, 0.2) is 9.84 Å². The molecule has 0 aliphatic carbocycles. The molecule has 1 aliphatic heterocycles. The quantitative estimate of drug-likeness (QED) is 0.659. The van der Waals surface area contributed by atoms with Crippen LogP contribution in [0.4, 0.5) is 0 Å². The third-order valence-electron chi connectivity index (χ3n) is 5.83. The smallest absolute Gasteiger partial charge is 0.224 e. The summed E-state index contributed by atoms with van der Waals surface area (Å²) in [5, 5.41) is 2.54. The van der Waals surface area contributed by atoms with Crippen molar-refractivity contribution in [2.24, 2.45) is 0 Å². The molecule has 3 aromatic rings. The predicted octanol–water partition coefficient (Wildman–Crippen LogP) is 1.93. The second-order valence-corrected chi connectivity index (χ2v) is 9.94. The number of nitrogens with one attached hydrogen (secondary N) is 1. The number of fused-ring (bicyclic) bond motifs is 1. The van der Waals surface area contributed by atoms with E-state index in [1.165, 1.54) is 21.2 Å². The van der Waals surface area contributed by atoms with Crippen molar-refractivity contribution in [3.8, 4) is 0 Å². The lowest BCUT2D eigenvalue weighted by molar-refractivity contribution is -0.917. The standard InChI is InChI=1S/C24H26N2O3S/c27-24(13-18-30(28,29)22-10-2-1-3-11-22)26-16-14-25(15-17-26)19-21-9-6-8-20-7-4-5-12-23(20)21/h1-12H,13-19H2/p+1. The molecule has 1 heterocycles. The monoisotopic (exact) mass is 423 g/mol. The van der Waals surface area contributed by atoms with Crippen LogP contribution in [0, 0.1) is 0 Å². The number of amides is 1. The molecule has 0 atom stereocenters. The fourth-order valence-corrected chi connectivity index (χ4v) is 5.34. The molecule has 5 nitrogen and oxygen atoms in total. The summed E-state index contributed by atoms with van der Waals surface area (Å²) < 4.78 is 24.8. The zero-order valence-corrected chi connectivity index (χ0v) is 17.8. The summed E-state index contributed by atoms with van der Waals surface area (Å²) in [5.41, 5.74) is 1.33. The molecule has 0 unspecified atom stereocenters. The Hall–Kier alpha value is -2.70. The molecule has 3 aromatic carbocycles. The summed E-state index contributed by atoms with van der Waals surface area (Å²) in [4.78, 5) is 16.1. The van der Waals surface area contributed by atoms with Gasteiger partial charge in [-0.05, 0) is 22.9 Å². The van der Waals surface area contributed by atoms with E-state index in [9.17, 15) is 13.2 Å². The van der Waals surface area contributed by atoms with Gasteiger partial charge in [-0.3, -0.25) is 4.79 Å². The van der Waals surface area contributed by atoms with Gasteiger partial charge in [0.2, 0.25) is 5.91 Å². The van der Waals surface area contributed by atoms with Crippen molar-refractivity contribution in [1.29, 1.82) is 0 Å². The molecule has 1 amide bonds. The highest BCUT2D eigenvalue weighted by molar-refractivity contribution is 7.91. The van der Waals surface area contributed by atoms with Crippen LogP contribution < -0.4 is 4.90 Å². The summed E-state index contributed by atoms with van der Waals surface area (Å²) in [6.45, 7) is 4.03. The maximum Gasteiger partial charge on any atom is 0.224 e. The van der Waals surface area contributed by atoms with Gasteiger partial charge in [0.05, 0.1) is 36.8 Å². The van der Waals surface area contributed by atoms with Crippen molar-refractivity contribution < 1.29 is 18.1 Å². The van der Waals surface area contributed by atoms with Crippen LogP contribution in [0.25, 0.3) is 10.8 Å². The Balaban J connectivity index is 1.30. The fourth-order valence-electron chi connectivity index (χ4n) is 4.09. The molecule has 0 radical (unpaired) electrons. The maximum absolute atomic E-state index is 12.6. The van der Waals surface area contributed by atoms with E-state index in [4.69, 9.17) is 0 Å². The van der Waals surface area contributed by atoms with Crippen LogP contribution in [0.5, 0.6) is 0 Å². The van der Waals surface area contributed by atoms with Crippen LogP contribution in [0.3, 0.4) is 0 Å². The van der Waals surface area contributed by atoms with Gasteiger partial charge in [0.25, 0.3) is 0 Å². The molecule has 0 aromatic heterocycles. The summed E-state index contributed by atoms with van der Waals surface area (Å²) in [6, 6.07) is 23.2. The van der Waals surface area contributed by atoms with Gasteiger partial charge < -0.3 is 9.80 Å². The first-order valence-electron chi connectivity index (χ1n) is 10.4. The van der Waals surface area contributed by atoms with Gasteiger partial charge in [-0.15, -0.1) is 0 Å². The number of quaternary nitrogens is 1. The zero-order chi connectivity index (χ0) is 21.0. The number of sulfone groups is 1. The van der Waals surface area contributed by atoms with E-state index in [2.05, 4.69) is 42.5 Å². The Kier molecular flexibility index (Phi) is 6.16. The van der Waals surface area contributed by atoms with Crippen LogP contribution in [0.1, 0.15) is 12.0 Å². The Morgan fingerprint density at radius 1 is 0.867 bits per heavy atom. The lowest BCUT2D eigenvalue weighted by atomic mass is 10.0. The Labute approximate surface area is 177 Å². The molecule has 0 bridgehead atoms. The third-order valence-corrected chi connectivity index (χ3v) is 7.56. The van der Waals surface area contributed by atoms with Crippen molar-refractivity contribution in [3.05, 3.63) is 78.4 Å². The Morgan fingerprint density at radius 3 is 2.30 bits per heavy atom. The van der Waals surface area contributed by atoms with E-state index >= 15 is 0 Å². The average Bonchev–Trinajstić information content (AvgIpc) is 2.79. The van der Waals surface area contributed by atoms with Gasteiger partial charge in [-0.2, -0.15) is 0 Å². The zero-order valence-electron chi connectivity index (χ0n) is 17.0. The first kappa shape index (κ1) is 20.6. The minimum Gasteiger partial charge on any atom is -0.331 e. The van der Waals surface area contributed by atoms with Crippen molar-refractivity contribution in [2.75, 3.05) is 31.9 Å². The lowest BCUT2D eigenvalue weighted by Crippen LogP contribution is -3.13. The van der Waals surface area contributed by atoms with Gasteiger partial charge in [0.1, 0.15) is 6.54 Å². The molecule has 6 heteroatoms. The summed E-state index contributed by atoms with van der Waals surface area (Å²) >= 11 is 0. The van der Waals surface area contributed by atoms with Crippen molar-refractivity contribution in [2.45, 2.75) is 17.9 Å². The fraction of sp³-hybridized carbons (Fsp3) is 0.292. The predicted molar refractivity (Wildman–Crippen MR) is 118 cm³/mol. The molecule has 0 spiro atoms. The van der Waals surface area contributed by atoms with E-state index < -0.39 is 9.84 Å². The van der Waals surface area contributed by atoms with Gasteiger partial charge >= 0.3 is 0 Å². The molecule has 1 saturated heterocycles. The Bertz CT molecular complexity index is 1120. The van der Waals surface area contributed by atoms with Crippen molar-refractivity contribution >= 4 is 26.5 Å². The normalized spacial score (nSPS) is 15.4. The van der Waals surface area contributed by atoms with Gasteiger partial charge in [-0.1, -0.05) is 60.7 Å². The molecule has 1 aliphatic rings. The molecule has 156 valence electrons. The first-order valence-corrected chi connectivity index (χ1v) is 12.0. The number of rotatable bonds is 6. The topological polar surface area (TPSA) is 58.9 Å². The molecular formula is C24H27N2O3S+. The second kappa shape index (κ2) is 8.98. The SMILES string of the molecule is O=C(CCS(=O)(=O)c1ccccc1)N1CC[NH+](Cc2cccc3ccccc23)CC1. The van der Waals surface area contributed by atoms with E-state index in [0.29, 0.717) is 13.1 Å². The molecule has 30 heavy (non-hydrogen) atoms. The average molecular weight is 424 g/mol. The summed E-state index contributed by atoms with van der Waals surface area (Å²) in [6.07, 6.45) is 0.0376. The molecular weight excluding hydrogens is 396 g/mol. The van der Waals surface area contributed by atoms with Crippen molar-refractivity contribution in [1.82, 2.24) is 4.90 Å². The minimum atomic E-state index is -3.42. The van der Waals surface area contributed by atoms with Crippen LogP contribution >= 0.6 is 0 Å². The lowest BCUT2D eigenvalue weighted by Gasteiger charge is -2.32. The number of nitrogens with zero attached hydrogens (tertiary/aromatic N) is 1. The van der Waals surface area contributed by atoms with Crippen molar-refractivity contribution in [3.63, 3.8) is 0 Å². The maximum atomic E-state index is 12.6. The summed E-state index contributed by atoms with van der Waals surface area (Å²) in [5.74, 6) is -0.211. The van der Waals surface area contributed by atoms with Crippen LogP contribution in [-0.2, 0) is 21.2 Å². The van der Waals surface area contributed by atoms with E-state index in [0.717, 1.165) is 19.6 Å². The van der Waals surface area contributed by atoms with Gasteiger partial charge in [-0.25, -0.2) is 8.42 Å². The number of piperazine rings is 1. The van der Waals surface area contributed by atoms with E-state index in [1.54, 1.807) is 30.3 Å². The van der Waals surface area contributed by atoms with E-state index in [-0.39, 0.29) is 23.0 Å². The minimum absolute atomic E-state index is 0.0376. The van der Waals surface area contributed by atoms with Gasteiger partial charge in [0, 0.05) is 12.0 Å². The van der Waals surface area contributed by atoms with Crippen LogP contribution in [-0.4, -0.2) is 51.2 Å². The number of carbonyl (C=O) groups is 1. The van der Waals surface area contributed by atoms with Crippen LogP contribution in [0.15, 0.2) is 77.7 Å². The first-order chi connectivity index (χ1) is 14.5. The highest BCUT2D eigenvalue weighted by Crippen LogP contribution is 2.17. The highest BCUT2D eigenvalue weighted by Gasteiger charge is 2.25. The number of hydrogen-bond acceptors (Lipinski definition) is 3. The highest BCUT2D eigenvalue weighted by atomic mass is 32.2. The third kappa shape index (κ3) is 4.71.